The predicted molar refractivity (Wildman–Crippen MR) is 95.5 cm³/mol. The molecule has 1 nitrogen and oxygen atoms in total. The average molecular weight is 387 g/mol. The number of aryl methyl sites for hydroxylation is 1. The molecule has 4 heteroatoms. The van der Waals surface area contributed by atoms with Crippen molar-refractivity contribution >= 4 is 39.1 Å². The minimum Gasteiger partial charge on any atom is -0.310 e. The molecule has 0 aliphatic carbocycles. The molecule has 0 saturated heterocycles. The van der Waals surface area contributed by atoms with E-state index in [4.69, 9.17) is 23.2 Å². The molecule has 112 valence electrons. The standard InChI is InChI=1S/C17H18BrCl2N/c1-3-21-17(14-10-13(18)6-4-11(14)2)9-12-5-7-15(19)16(20)8-12/h4-8,10,17,21H,3,9H2,1-2H3. The van der Waals surface area contributed by atoms with Gasteiger partial charge >= 0.3 is 0 Å². The molecule has 2 aromatic rings. The average Bonchev–Trinajstić information content (AvgIpc) is 2.45. The summed E-state index contributed by atoms with van der Waals surface area (Å²) in [5.74, 6) is 0. The van der Waals surface area contributed by atoms with E-state index in [0.717, 1.165) is 17.4 Å². The molecule has 1 atom stereocenters. The summed E-state index contributed by atoms with van der Waals surface area (Å²) in [5, 5.41) is 4.76. The lowest BCUT2D eigenvalue weighted by Gasteiger charge is -2.21. The van der Waals surface area contributed by atoms with Crippen molar-refractivity contribution in [1.82, 2.24) is 5.32 Å². The van der Waals surface area contributed by atoms with Crippen LogP contribution in [0.1, 0.15) is 29.7 Å². The van der Waals surface area contributed by atoms with E-state index in [0.29, 0.717) is 10.0 Å². The van der Waals surface area contributed by atoms with Crippen molar-refractivity contribution in [1.29, 1.82) is 0 Å². The topological polar surface area (TPSA) is 12.0 Å². The highest BCUT2D eigenvalue weighted by Crippen LogP contribution is 2.28. The summed E-state index contributed by atoms with van der Waals surface area (Å²) in [5.41, 5.74) is 3.76. The lowest BCUT2D eigenvalue weighted by molar-refractivity contribution is 0.547. The van der Waals surface area contributed by atoms with Crippen molar-refractivity contribution < 1.29 is 0 Å². The monoisotopic (exact) mass is 385 g/mol. The fraction of sp³-hybridized carbons (Fsp3) is 0.294. The Balaban J connectivity index is 2.30. The summed E-state index contributed by atoms with van der Waals surface area (Å²) in [6.45, 7) is 5.17. The number of rotatable bonds is 5. The molecule has 0 bridgehead atoms. The summed E-state index contributed by atoms with van der Waals surface area (Å²) in [6.07, 6.45) is 0.877. The molecule has 0 spiro atoms. The van der Waals surface area contributed by atoms with Crippen LogP contribution in [0.5, 0.6) is 0 Å². The highest BCUT2D eigenvalue weighted by atomic mass is 79.9. The third kappa shape index (κ3) is 4.46. The van der Waals surface area contributed by atoms with Crippen molar-refractivity contribution in [3.63, 3.8) is 0 Å². The molecule has 0 aromatic heterocycles. The largest absolute Gasteiger partial charge is 0.310 e. The number of benzene rings is 2. The van der Waals surface area contributed by atoms with Crippen LogP contribution in [0.15, 0.2) is 40.9 Å². The molecule has 2 rings (SSSR count). The van der Waals surface area contributed by atoms with Crippen LogP contribution in [-0.2, 0) is 6.42 Å². The minimum atomic E-state index is 0.254. The molecule has 0 amide bonds. The van der Waals surface area contributed by atoms with Gasteiger partial charge in [-0.05, 0) is 60.8 Å². The molecule has 1 unspecified atom stereocenters. The molecule has 0 aliphatic heterocycles. The second kappa shape index (κ2) is 7.64. The first kappa shape index (κ1) is 16.8. The lowest BCUT2D eigenvalue weighted by Crippen LogP contribution is -2.23. The van der Waals surface area contributed by atoms with Gasteiger partial charge in [0.2, 0.25) is 0 Å². The SMILES string of the molecule is CCNC(Cc1ccc(Cl)c(Cl)c1)c1cc(Br)ccc1C. The predicted octanol–water partition coefficient (Wildman–Crippen LogP) is 5.96. The third-order valence-corrected chi connectivity index (χ3v) is 4.72. The Hall–Kier alpha value is -0.540. The van der Waals surface area contributed by atoms with Crippen molar-refractivity contribution in [3.8, 4) is 0 Å². The van der Waals surface area contributed by atoms with Gasteiger partial charge in [0.15, 0.2) is 0 Å². The summed E-state index contributed by atoms with van der Waals surface area (Å²) in [7, 11) is 0. The molecule has 0 radical (unpaired) electrons. The van der Waals surface area contributed by atoms with E-state index < -0.39 is 0 Å². The molecule has 0 saturated carbocycles. The highest BCUT2D eigenvalue weighted by molar-refractivity contribution is 9.10. The Morgan fingerprint density at radius 2 is 1.86 bits per heavy atom. The van der Waals surface area contributed by atoms with Crippen LogP contribution in [0.4, 0.5) is 0 Å². The molecule has 2 aromatic carbocycles. The number of hydrogen-bond donors (Lipinski definition) is 1. The van der Waals surface area contributed by atoms with E-state index in [-0.39, 0.29) is 6.04 Å². The Labute approximate surface area is 144 Å². The first-order chi connectivity index (χ1) is 10.0. The quantitative estimate of drug-likeness (QED) is 0.668. The van der Waals surface area contributed by atoms with E-state index in [1.54, 1.807) is 0 Å². The molecule has 1 N–H and O–H groups in total. The van der Waals surface area contributed by atoms with Crippen molar-refractivity contribution in [2.75, 3.05) is 6.54 Å². The second-order valence-electron chi connectivity index (χ2n) is 5.06. The van der Waals surface area contributed by atoms with Gasteiger partial charge in [-0.1, -0.05) is 58.2 Å². The van der Waals surface area contributed by atoms with Gasteiger partial charge in [-0.15, -0.1) is 0 Å². The molecular weight excluding hydrogens is 369 g/mol. The summed E-state index contributed by atoms with van der Waals surface area (Å²) >= 11 is 15.7. The van der Waals surface area contributed by atoms with E-state index in [1.165, 1.54) is 16.7 Å². The molecule has 0 heterocycles. The Kier molecular flexibility index (Phi) is 6.12. The zero-order valence-corrected chi connectivity index (χ0v) is 15.2. The fourth-order valence-electron chi connectivity index (χ4n) is 2.43. The minimum absolute atomic E-state index is 0.254. The Morgan fingerprint density at radius 1 is 1.10 bits per heavy atom. The van der Waals surface area contributed by atoms with Crippen LogP contribution in [0, 0.1) is 6.92 Å². The van der Waals surface area contributed by atoms with Crippen LogP contribution in [0.2, 0.25) is 10.0 Å². The summed E-state index contributed by atoms with van der Waals surface area (Å²) in [6, 6.07) is 12.5. The van der Waals surface area contributed by atoms with Crippen LogP contribution < -0.4 is 5.32 Å². The van der Waals surface area contributed by atoms with Gasteiger partial charge < -0.3 is 5.32 Å². The van der Waals surface area contributed by atoms with Crippen LogP contribution in [0.25, 0.3) is 0 Å². The van der Waals surface area contributed by atoms with E-state index >= 15 is 0 Å². The maximum absolute atomic E-state index is 6.12. The Morgan fingerprint density at radius 3 is 2.52 bits per heavy atom. The Bertz CT molecular complexity index is 628. The van der Waals surface area contributed by atoms with Gasteiger partial charge in [0.1, 0.15) is 0 Å². The van der Waals surface area contributed by atoms with Crippen LogP contribution in [0.3, 0.4) is 0 Å². The van der Waals surface area contributed by atoms with E-state index in [9.17, 15) is 0 Å². The van der Waals surface area contributed by atoms with Crippen molar-refractivity contribution in [3.05, 3.63) is 67.6 Å². The molecular formula is C17H18BrCl2N. The van der Waals surface area contributed by atoms with Gasteiger partial charge in [-0.3, -0.25) is 0 Å². The first-order valence-electron chi connectivity index (χ1n) is 6.94. The number of halogens is 3. The van der Waals surface area contributed by atoms with E-state index in [1.807, 2.05) is 18.2 Å². The first-order valence-corrected chi connectivity index (χ1v) is 8.49. The zero-order valence-electron chi connectivity index (χ0n) is 12.1. The molecule has 21 heavy (non-hydrogen) atoms. The summed E-state index contributed by atoms with van der Waals surface area (Å²) < 4.78 is 1.10. The molecule has 0 aliphatic rings. The van der Waals surface area contributed by atoms with Gasteiger partial charge in [-0.2, -0.15) is 0 Å². The number of likely N-dealkylation sites (N-methyl/N-ethyl adjacent to an activating group) is 1. The maximum Gasteiger partial charge on any atom is 0.0595 e. The van der Waals surface area contributed by atoms with Gasteiger partial charge in [0.25, 0.3) is 0 Å². The zero-order chi connectivity index (χ0) is 15.4. The normalized spacial score (nSPS) is 12.4. The van der Waals surface area contributed by atoms with Crippen molar-refractivity contribution in [2.45, 2.75) is 26.3 Å². The van der Waals surface area contributed by atoms with Crippen LogP contribution in [-0.4, -0.2) is 6.54 Å². The number of nitrogens with one attached hydrogen (secondary N) is 1. The lowest BCUT2D eigenvalue weighted by atomic mass is 9.95. The van der Waals surface area contributed by atoms with Crippen molar-refractivity contribution in [2.24, 2.45) is 0 Å². The third-order valence-electron chi connectivity index (χ3n) is 3.49. The summed E-state index contributed by atoms with van der Waals surface area (Å²) in [4.78, 5) is 0. The smallest absolute Gasteiger partial charge is 0.0595 e. The second-order valence-corrected chi connectivity index (χ2v) is 6.79. The fourth-order valence-corrected chi connectivity index (χ4v) is 3.13. The highest BCUT2D eigenvalue weighted by Gasteiger charge is 2.14. The van der Waals surface area contributed by atoms with Gasteiger partial charge in [-0.25, -0.2) is 0 Å². The van der Waals surface area contributed by atoms with Gasteiger partial charge in [0, 0.05) is 10.5 Å². The number of hydrogen-bond acceptors (Lipinski definition) is 1. The van der Waals surface area contributed by atoms with Gasteiger partial charge in [0.05, 0.1) is 10.0 Å². The van der Waals surface area contributed by atoms with Crippen LogP contribution >= 0.6 is 39.1 Å². The van der Waals surface area contributed by atoms with E-state index in [2.05, 4.69) is 53.3 Å². The molecule has 0 fully saturated rings. The maximum atomic E-state index is 6.12.